The molecule has 1 aliphatic rings. The van der Waals surface area contributed by atoms with E-state index >= 15 is 0 Å². The maximum absolute atomic E-state index is 10.9. The molecule has 2 aromatic carbocycles. The van der Waals surface area contributed by atoms with Gasteiger partial charge >= 0.3 is 0 Å². The average molecular weight is 319 g/mol. The molecule has 1 heterocycles. The van der Waals surface area contributed by atoms with Crippen LogP contribution in [0.2, 0.25) is 0 Å². The van der Waals surface area contributed by atoms with E-state index in [9.17, 15) is 9.11 Å². The van der Waals surface area contributed by atoms with Crippen LogP contribution in [0.1, 0.15) is 18.4 Å². The fourth-order valence-corrected chi connectivity index (χ4v) is 5.05. The van der Waals surface area contributed by atoms with E-state index in [4.69, 9.17) is 5.11 Å². The summed E-state index contributed by atoms with van der Waals surface area (Å²) >= 11 is 0. The van der Waals surface area contributed by atoms with Crippen molar-refractivity contribution in [3.8, 4) is 0 Å². The Morgan fingerprint density at radius 3 is 2.41 bits per heavy atom. The monoisotopic (exact) mass is 319 g/mol. The summed E-state index contributed by atoms with van der Waals surface area (Å²) in [4.78, 5) is 0. The molecule has 3 rings (SSSR count). The third-order valence-electron chi connectivity index (χ3n) is 4.05. The maximum atomic E-state index is 10.9. The lowest BCUT2D eigenvalue weighted by atomic mass is 10.0. The molecule has 1 aliphatic heterocycles. The minimum atomic E-state index is -2.98. The molecule has 0 saturated carbocycles. The number of para-hydroxylation sites is 2. The zero-order valence-corrected chi connectivity index (χ0v) is 13.1. The number of fused-ring (bicyclic) bond motifs is 1. The van der Waals surface area contributed by atoms with Crippen LogP contribution in [0, 0.1) is 0 Å². The van der Waals surface area contributed by atoms with Crippen molar-refractivity contribution in [2.45, 2.75) is 24.5 Å². The smallest absolute Gasteiger partial charge is 0.0734 e. The minimum absolute atomic E-state index is 0.0685. The molecule has 22 heavy (non-hydrogen) atoms. The molecule has 0 unspecified atom stereocenters. The summed E-state index contributed by atoms with van der Waals surface area (Å²) in [5, 5.41) is 8.81. The molecule has 4 nitrogen and oxygen atoms in total. The van der Waals surface area contributed by atoms with E-state index < -0.39 is 10.8 Å². The molecule has 0 radical (unpaired) electrons. The number of nitrogens with zero attached hydrogens (tertiary/aromatic N) is 1. The van der Waals surface area contributed by atoms with Crippen molar-refractivity contribution in [3.63, 3.8) is 0 Å². The van der Waals surface area contributed by atoms with E-state index in [-0.39, 0.29) is 11.9 Å². The summed E-state index contributed by atoms with van der Waals surface area (Å²) in [5.74, 6) is 0. The van der Waals surface area contributed by atoms with Gasteiger partial charge in [0.05, 0.1) is 16.6 Å². The van der Waals surface area contributed by atoms with Crippen molar-refractivity contribution < 1.29 is 14.2 Å². The fraction of sp³-hybridized carbons (Fsp3) is 0.294. The molecular formula is C17H21NO3S. The van der Waals surface area contributed by atoms with Crippen molar-refractivity contribution in [2.75, 3.05) is 10.9 Å². The van der Waals surface area contributed by atoms with Gasteiger partial charge in [0.25, 0.3) is 0 Å². The highest BCUT2D eigenvalue weighted by Gasteiger charge is 2.38. The zero-order valence-electron chi connectivity index (χ0n) is 12.3. The summed E-state index contributed by atoms with van der Waals surface area (Å²) < 4.78 is 23.5. The Balaban J connectivity index is 2.07. The van der Waals surface area contributed by atoms with Crippen molar-refractivity contribution in [3.05, 3.63) is 60.2 Å². The molecule has 1 atom stereocenters. The Hall–Kier alpha value is -1.53. The van der Waals surface area contributed by atoms with E-state index in [1.54, 1.807) is 4.31 Å². The topological polar surface area (TPSA) is 63.9 Å². The van der Waals surface area contributed by atoms with Crippen LogP contribution in [-0.2, 0) is 6.42 Å². The van der Waals surface area contributed by atoms with Crippen LogP contribution in [0.3, 0.4) is 0 Å². The number of benzene rings is 2. The van der Waals surface area contributed by atoms with Crippen LogP contribution >= 0.6 is 10.8 Å². The predicted molar refractivity (Wildman–Crippen MR) is 91.7 cm³/mol. The molecule has 0 bridgehead atoms. The third kappa shape index (κ3) is 2.73. The van der Waals surface area contributed by atoms with Crippen LogP contribution in [0.5, 0.6) is 0 Å². The second-order valence-electron chi connectivity index (χ2n) is 5.51. The molecule has 0 amide bonds. The highest BCUT2D eigenvalue weighted by molar-refractivity contribution is 8.26. The number of hydrogen-bond donors (Lipinski definition) is 3. The molecule has 5 heteroatoms. The summed E-state index contributed by atoms with van der Waals surface area (Å²) in [5.41, 5.74) is 2.75. The van der Waals surface area contributed by atoms with Crippen LogP contribution in [0.15, 0.2) is 54.6 Å². The average Bonchev–Trinajstić information content (AvgIpc) is 2.53. The molecule has 0 fully saturated rings. The minimum Gasteiger partial charge on any atom is -0.396 e. The zero-order chi connectivity index (χ0) is 15.6. The van der Waals surface area contributed by atoms with Gasteiger partial charge in [-0.15, -0.1) is 10.8 Å². The largest absolute Gasteiger partial charge is 0.396 e. The third-order valence-corrected chi connectivity index (χ3v) is 6.29. The van der Waals surface area contributed by atoms with E-state index in [0.29, 0.717) is 19.3 Å². The van der Waals surface area contributed by atoms with Gasteiger partial charge in [0.15, 0.2) is 0 Å². The lowest BCUT2D eigenvalue weighted by molar-refractivity contribution is 0.282. The summed E-state index contributed by atoms with van der Waals surface area (Å²) in [6.07, 6.45) is 1.80. The molecule has 0 saturated heterocycles. The predicted octanol–water partition coefficient (Wildman–Crippen LogP) is 4.19. The van der Waals surface area contributed by atoms with Gasteiger partial charge in [-0.05, 0) is 43.0 Å². The molecular weight excluding hydrogens is 298 g/mol. The van der Waals surface area contributed by atoms with Crippen LogP contribution in [-0.4, -0.2) is 26.1 Å². The number of aliphatic hydroxyl groups excluding tert-OH is 1. The number of anilines is 2. The molecule has 0 spiro atoms. The highest BCUT2D eigenvalue weighted by Crippen LogP contribution is 2.60. The Morgan fingerprint density at radius 1 is 1.00 bits per heavy atom. The van der Waals surface area contributed by atoms with Gasteiger partial charge < -0.3 is 5.11 Å². The number of aliphatic hydroxyl groups is 1. The first-order chi connectivity index (χ1) is 10.6. The second-order valence-corrected chi connectivity index (χ2v) is 7.67. The summed E-state index contributed by atoms with van der Waals surface area (Å²) in [6.45, 7) is 0.0685. The first kappa shape index (κ1) is 15.4. The molecule has 118 valence electrons. The number of rotatable bonds is 4. The van der Waals surface area contributed by atoms with Gasteiger partial charge in [0.2, 0.25) is 0 Å². The van der Waals surface area contributed by atoms with Gasteiger partial charge in [0, 0.05) is 6.61 Å². The normalized spacial score (nSPS) is 21.2. The maximum Gasteiger partial charge on any atom is 0.0734 e. The van der Waals surface area contributed by atoms with Gasteiger partial charge in [0.1, 0.15) is 0 Å². The second kappa shape index (κ2) is 6.30. The number of hydrogen-bond acceptors (Lipinski definition) is 4. The van der Waals surface area contributed by atoms with Gasteiger partial charge in [-0.25, -0.2) is 4.31 Å². The molecule has 2 aromatic rings. The fourth-order valence-electron chi connectivity index (χ4n) is 2.97. The van der Waals surface area contributed by atoms with E-state index in [0.717, 1.165) is 16.9 Å². The lowest BCUT2D eigenvalue weighted by Crippen LogP contribution is -2.37. The Labute approximate surface area is 132 Å². The van der Waals surface area contributed by atoms with E-state index in [1.807, 2.05) is 54.6 Å². The van der Waals surface area contributed by atoms with Gasteiger partial charge in [-0.1, -0.05) is 36.4 Å². The van der Waals surface area contributed by atoms with Crippen molar-refractivity contribution >= 4 is 22.2 Å². The molecule has 0 aromatic heterocycles. The highest BCUT2D eigenvalue weighted by atomic mass is 32.3. The van der Waals surface area contributed by atoms with E-state index in [2.05, 4.69) is 0 Å². The first-order valence-electron chi connectivity index (χ1n) is 7.45. The Bertz CT molecular complexity index is 633. The van der Waals surface area contributed by atoms with Crippen LogP contribution in [0.25, 0.3) is 0 Å². The molecule has 0 aliphatic carbocycles. The Morgan fingerprint density at radius 2 is 1.68 bits per heavy atom. The van der Waals surface area contributed by atoms with Crippen molar-refractivity contribution in [1.29, 1.82) is 0 Å². The Kier molecular flexibility index (Phi) is 4.40. The quantitative estimate of drug-likeness (QED) is 0.791. The summed E-state index contributed by atoms with van der Waals surface area (Å²) in [7, 11) is -2.98. The first-order valence-corrected chi connectivity index (χ1v) is 9.02. The van der Waals surface area contributed by atoms with E-state index in [1.165, 1.54) is 0 Å². The van der Waals surface area contributed by atoms with Crippen molar-refractivity contribution in [2.24, 2.45) is 0 Å². The van der Waals surface area contributed by atoms with Crippen LogP contribution in [0.4, 0.5) is 11.4 Å². The lowest BCUT2D eigenvalue weighted by Gasteiger charge is -2.53. The SMILES string of the molecule is OCCC[C@@H]1Cc2ccccc2N(c2ccccc2)S1(O)O. The molecule has 3 N–H and O–H groups in total. The standard InChI is InChI=1S/C17H21NO3S/c19-12-6-10-16-13-14-7-4-5-11-17(14)18(22(16,20)21)15-8-2-1-3-9-15/h1-5,7-9,11,16,19-21H,6,10,12-13H2/t16-/m1/s1. The van der Waals surface area contributed by atoms with Crippen LogP contribution < -0.4 is 4.31 Å². The van der Waals surface area contributed by atoms with Gasteiger partial charge in [-0.3, -0.25) is 9.11 Å². The van der Waals surface area contributed by atoms with Gasteiger partial charge in [-0.2, -0.15) is 0 Å². The summed E-state index contributed by atoms with van der Waals surface area (Å²) in [6, 6.07) is 17.3. The van der Waals surface area contributed by atoms with Crippen molar-refractivity contribution in [1.82, 2.24) is 0 Å².